The number of allylic oxidation sites excluding steroid dienone is 1. The summed E-state index contributed by atoms with van der Waals surface area (Å²) in [7, 11) is 1.61. The highest BCUT2D eigenvalue weighted by Gasteiger charge is 2.28. The molecule has 0 fully saturated rings. The second kappa shape index (κ2) is 11.0. The van der Waals surface area contributed by atoms with E-state index in [2.05, 4.69) is 46.4 Å². The van der Waals surface area contributed by atoms with Gasteiger partial charge in [0.25, 0.3) is 5.91 Å². The van der Waals surface area contributed by atoms with Gasteiger partial charge in [0.15, 0.2) is 11.9 Å². The van der Waals surface area contributed by atoms with Crippen molar-refractivity contribution < 1.29 is 19.1 Å². The van der Waals surface area contributed by atoms with Gasteiger partial charge in [-0.15, -0.1) is 0 Å². The van der Waals surface area contributed by atoms with E-state index >= 15 is 0 Å². The highest BCUT2D eigenvalue weighted by molar-refractivity contribution is 6.32. The summed E-state index contributed by atoms with van der Waals surface area (Å²) < 4.78 is 13.3. The number of methoxy groups -OCH3 is 1. The average molecular weight is 576 g/mol. The number of urea groups is 1. The van der Waals surface area contributed by atoms with Crippen LogP contribution in [0.1, 0.15) is 26.5 Å². The number of benzene rings is 3. The maximum absolute atomic E-state index is 13.4. The monoisotopic (exact) mass is 575 g/mol. The predicted molar refractivity (Wildman–Crippen MR) is 167 cm³/mol. The number of hydrogen-bond acceptors (Lipinski definition) is 7. The van der Waals surface area contributed by atoms with E-state index in [1.807, 2.05) is 54.6 Å². The summed E-state index contributed by atoms with van der Waals surface area (Å²) in [6.07, 6.45) is 4.40. The molecule has 3 heterocycles. The van der Waals surface area contributed by atoms with Crippen LogP contribution in [0.5, 0.6) is 11.5 Å². The number of carbonyl (C=O) groups is 2. The van der Waals surface area contributed by atoms with Crippen molar-refractivity contribution in [2.45, 2.75) is 32.2 Å². The van der Waals surface area contributed by atoms with Gasteiger partial charge in [-0.05, 0) is 42.5 Å². The van der Waals surface area contributed by atoms with Gasteiger partial charge in [0.05, 0.1) is 30.4 Å². The first-order valence-corrected chi connectivity index (χ1v) is 13.6. The highest BCUT2D eigenvalue weighted by atomic mass is 16.5. The van der Waals surface area contributed by atoms with E-state index in [-0.39, 0.29) is 11.3 Å². The van der Waals surface area contributed by atoms with Gasteiger partial charge in [-0.3, -0.25) is 15.1 Å². The largest absolute Gasteiger partial charge is 0.497 e. The molecule has 3 aromatic carbocycles. The fourth-order valence-electron chi connectivity index (χ4n) is 4.70. The van der Waals surface area contributed by atoms with E-state index in [1.165, 1.54) is 12.4 Å². The summed E-state index contributed by atoms with van der Waals surface area (Å²) in [5.41, 5.74) is 1.96. The fourth-order valence-corrected chi connectivity index (χ4v) is 4.70. The fraction of sp³-hybridized carbons (Fsp3) is 0.188. The molecule has 0 bridgehead atoms. The van der Waals surface area contributed by atoms with E-state index in [4.69, 9.17) is 14.6 Å². The number of ether oxygens (including phenoxy) is 2. The van der Waals surface area contributed by atoms with Gasteiger partial charge in [0, 0.05) is 28.5 Å². The molecule has 4 aromatic rings. The number of nitrogens with zero attached hydrogens (tertiary/aromatic N) is 5. The molecule has 11 nitrogen and oxygen atoms in total. The Morgan fingerprint density at radius 1 is 0.977 bits per heavy atom. The molecule has 0 saturated heterocycles. The van der Waals surface area contributed by atoms with Gasteiger partial charge in [-0.1, -0.05) is 45.0 Å². The number of nitrogens with one attached hydrogen (secondary N) is 2. The molecule has 6 rings (SSSR count). The number of rotatable bonds is 6. The summed E-state index contributed by atoms with van der Waals surface area (Å²) in [5, 5.41) is 12.3. The first kappa shape index (κ1) is 27.6. The van der Waals surface area contributed by atoms with Crippen molar-refractivity contribution >= 4 is 52.5 Å². The Morgan fingerprint density at radius 3 is 2.49 bits per heavy atom. The number of aromatic nitrogens is 2. The van der Waals surface area contributed by atoms with Crippen molar-refractivity contribution in [1.29, 1.82) is 0 Å². The van der Waals surface area contributed by atoms with Gasteiger partial charge in [-0.2, -0.15) is 10.1 Å². The lowest BCUT2D eigenvalue weighted by Gasteiger charge is -2.21. The molecule has 3 amide bonds. The molecule has 1 atom stereocenters. The summed E-state index contributed by atoms with van der Waals surface area (Å²) in [4.78, 5) is 37.3. The van der Waals surface area contributed by atoms with Crippen LogP contribution in [0.4, 0.5) is 16.3 Å². The van der Waals surface area contributed by atoms with E-state index in [0.717, 1.165) is 27.9 Å². The molecular formula is C32H29N7O4. The molecule has 1 unspecified atom stereocenters. The molecule has 216 valence electrons. The second-order valence-electron chi connectivity index (χ2n) is 10.9. The van der Waals surface area contributed by atoms with Crippen LogP contribution in [0, 0.1) is 0 Å². The van der Waals surface area contributed by atoms with Crippen LogP contribution in [0.2, 0.25) is 0 Å². The van der Waals surface area contributed by atoms with Crippen LogP contribution < -0.4 is 20.1 Å². The molecule has 43 heavy (non-hydrogen) atoms. The van der Waals surface area contributed by atoms with Crippen molar-refractivity contribution in [2.24, 2.45) is 15.0 Å². The smallest absolute Gasteiger partial charge is 0.324 e. The minimum Gasteiger partial charge on any atom is -0.497 e. The minimum atomic E-state index is -0.599. The summed E-state index contributed by atoms with van der Waals surface area (Å²) >= 11 is 0. The molecule has 2 N–H and O–H groups in total. The minimum absolute atomic E-state index is 0.235. The molecular weight excluding hydrogens is 546 g/mol. The number of carbonyl (C=O) groups excluding carboxylic acids is 2. The molecule has 0 spiro atoms. The first-order valence-electron chi connectivity index (χ1n) is 13.6. The third kappa shape index (κ3) is 5.65. The van der Waals surface area contributed by atoms with Gasteiger partial charge >= 0.3 is 6.03 Å². The van der Waals surface area contributed by atoms with E-state index in [1.54, 1.807) is 30.0 Å². The van der Waals surface area contributed by atoms with Gasteiger partial charge in [-0.25, -0.2) is 14.5 Å². The Kier molecular flexibility index (Phi) is 7.06. The Morgan fingerprint density at radius 2 is 1.74 bits per heavy atom. The zero-order valence-corrected chi connectivity index (χ0v) is 24.0. The molecule has 2 aliphatic heterocycles. The van der Waals surface area contributed by atoms with E-state index in [9.17, 15) is 9.59 Å². The lowest BCUT2D eigenvalue weighted by molar-refractivity contribution is -0.111. The topological polar surface area (TPSA) is 132 Å². The quantitative estimate of drug-likeness (QED) is 0.304. The first-order chi connectivity index (χ1) is 20.7. The number of aliphatic imine (C=N–C) groups is 3. The second-order valence-corrected chi connectivity index (χ2v) is 10.9. The van der Waals surface area contributed by atoms with Crippen LogP contribution >= 0.6 is 0 Å². The number of hydrogen-bond donors (Lipinski definition) is 2. The molecule has 0 aliphatic carbocycles. The molecule has 0 saturated carbocycles. The molecule has 2 aliphatic rings. The Hall–Kier alpha value is -5.58. The predicted octanol–water partition coefficient (Wildman–Crippen LogP) is 5.70. The lowest BCUT2D eigenvalue weighted by Crippen LogP contribution is -2.30. The lowest BCUT2D eigenvalue weighted by atomic mass is 9.92. The number of amidine groups is 1. The van der Waals surface area contributed by atoms with Gasteiger partial charge in [0.2, 0.25) is 0 Å². The Balaban J connectivity index is 1.26. The SMILES string of the molecule is COc1ccc(-n2nc(C(C)(C)C)cc2NC(=O)Nc2ccc(OC3=CC=NC4=NC(=O)C=NC34)c3ccccc23)cc1. The number of anilines is 2. The standard InChI is InChI=1S/C32H29N7O4/c1-32(2,3)26-17-27(39(38-26)19-9-11-20(42-4)12-10-19)36-31(41)35-23-13-14-24(22-8-6-5-7-21(22)23)43-25-15-16-33-30-29(25)34-18-28(40)37-30/h5-18,29H,1-4H3,(H2,35,36,41). The average Bonchev–Trinajstić information content (AvgIpc) is 3.42. The van der Waals surface area contributed by atoms with Crippen molar-refractivity contribution in [2.75, 3.05) is 17.7 Å². The van der Waals surface area contributed by atoms with E-state index in [0.29, 0.717) is 23.0 Å². The van der Waals surface area contributed by atoms with Crippen LogP contribution in [0.25, 0.3) is 16.5 Å². The van der Waals surface area contributed by atoms with Gasteiger partial charge < -0.3 is 14.8 Å². The van der Waals surface area contributed by atoms with Crippen molar-refractivity contribution in [1.82, 2.24) is 9.78 Å². The zero-order valence-electron chi connectivity index (χ0n) is 24.0. The van der Waals surface area contributed by atoms with Crippen LogP contribution in [-0.4, -0.2) is 53.1 Å². The molecule has 1 aromatic heterocycles. The maximum Gasteiger partial charge on any atom is 0.324 e. The summed E-state index contributed by atoms with van der Waals surface area (Å²) in [5.74, 6) is 2.12. The van der Waals surface area contributed by atoms with Crippen molar-refractivity contribution in [3.8, 4) is 17.2 Å². The third-order valence-electron chi connectivity index (χ3n) is 6.91. The third-order valence-corrected chi connectivity index (χ3v) is 6.91. The van der Waals surface area contributed by atoms with Crippen molar-refractivity contribution in [3.05, 3.63) is 84.3 Å². The van der Waals surface area contributed by atoms with Crippen molar-refractivity contribution in [3.63, 3.8) is 0 Å². The van der Waals surface area contributed by atoms with Gasteiger partial charge in [0.1, 0.15) is 23.1 Å². The summed E-state index contributed by atoms with van der Waals surface area (Å²) in [6.45, 7) is 6.20. The summed E-state index contributed by atoms with van der Waals surface area (Å²) in [6, 6.07) is 19.4. The van der Waals surface area contributed by atoms with Crippen LogP contribution in [0.3, 0.4) is 0 Å². The maximum atomic E-state index is 13.4. The van der Waals surface area contributed by atoms with Crippen LogP contribution in [0.15, 0.2) is 93.5 Å². The van der Waals surface area contributed by atoms with Crippen LogP contribution in [-0.2, 0) is 10.2 Å². The normalized spacial score (nSPS) is 15.9. The van der Waals surface area contributed by atoms with E-state index < -0.39 is 18.0 Å². The Bertz CT molecular complexity index is 1860. The molecule has 0 radical (unpaired) electrons. The highest BCUT2D eigenvalue weighted by Crippen LogP contribution is 2.34. The number of amides is 3. The Labute approximate surface area is 247 Å². The number of fused-ring (bicyclic) bond motifs is 2. The number of dihydropyridines is 1. The zero-order chi connectivity index (χ0) is 30.1. The molecule has 11 heteroatoms.